The van der Waals surface area contributed by atoms with Crippen molar-refractivity contribution in [1.82, 2.24) is 0 Å². The number of esters is 1. The largest absolute Gasteiger partial charge is 0.465 e. The molecule has 0 aliphatic rings. The number of carbonyl (C=O) groups is 1. The van der Waals surface area contributed by atoms with Crippen molar-refractivity contribution in [3.05, 3.63) is 33.8 Å². The van der Waals surface area contributed by atoms with Crippen molar-refractivity contribution in [3.8, 4) is 6.07 Å². The molecule has 78 valence electrons. The van der Waals surface area contributed by atoms with Gasteiger partial charge in [0.1, 0.15) is 0 Å². The number of benzene rings is 1. The van der Waals surface area contributed by atoms with Gasteiger partial charge in [-0.25, -0.2) is 4.79 Å². The Kier molecular flexibility index (Phi) is 4.13. The Morgan fingerprint density at radius 1 is 1.67 bits per heavy atom. The van der Waals surface area contributed by atoms with E-state index in [2.05, 4.69) is 20.7 Å². The molecule has 0 fully saturated rings. The molecule has 1 rings (SSSR count). The first-order chi connectivity index (χ1) is 7.15. The summed E-state index contributed by atoms with van der Waals surface area (Å²) >= 11 is 9.20. The first-order valence-corrected chi connectivity index (χ1v) is 5.51. The van der Waals surface area contributed by atoms with Gasteiger partial charge in [-0.1, -0.05) is 27.5 Å². The third-order valence-electron chi connectivity index (χ3n) is 1.90. The molecule has 0 bridgehead atoms. The highest BCUT2D eigenvalue weighted by Crippen LogP contribution is 2.27. The second-order valence-corrected chi connectivity index (χ2v) is 3.63. The van der Waals surface area contributed by atoms with Gasteiger partial charge in [0.25, 0.3) is 0 Å². The standard InChI is InChI=1S/C10H7BrClNO2/c1-15-10(14)7-3-2-6(5-13)8(4-11)9(7)12/h2-3H,4H2,1H3. The molecule has 15 heavy (non-hydrogen) atoms. The first-order valence-electron chi connectivity index (χ1n) is 4.01. The average molecular weight is 289 g/mol. The van der Waals surface area contributed by atoms with Crippen LogP contribution in [0.3, 0.4) is 0 Å². The number of nitriles is 1. The van der Waals surface area contributed by atoms with Crippen molar-refractivity contribution >= 4 is 33.5 Å². The van der Waals surface area contributed by atoms with Crippen LogP contribution >= 0.6 is 27.5 Å². The van der Waals surface area contributed by atoms with Gasteiger partial charge in [-0.05, 0) is 17.7 Å². The highest BCUT2D eigenvalue weighted by atomic mass is 79.9. The number of hydrogen-bond donors (Lipinski definition) is 0. The van der Waals surface area contributed by atoms with Crippen molar-refractivity contribution in [2.45, 2.75) is 5.33 Å². The van der Waals surface area contributed by atoms with Gasteiger partial charge in [0.15, 0.2) is 0 Å². The van der Waals surface area contributed by atoms with Crippen LogP contribution in [0.1, 0.15) is 21.5 Å². The monoisotopic (exact) mass is 287 g/mol. The number of hydrogen-bond acceptors (Lipinski definition) is 3. The topological polar surface area (TPSA) is 50.1 Å². The highest BCUT2D eigenvalue weighted by molar-refractivity contribution is 9.08. The summed E-state index contributed by atoms with van der Waals surface area (Å²) in [6, 6.07) is 5.04. The molecule has 0 amide bonds. The van der Waals surface area contributed by atoms with E-state index >= 15 is 0 Å². The number of ether oxygens (including phenoxy) is 1. The van der Waals surface area contributed by atoms with E-state index < -0.39 is 5.97 Å². The third kappa shape index (κ3) is 2.31. The minimum atomic E-state index is -0.508. The van der Waals surface area contributed by atoms with Crippen LogP contribution in [0.15, 0.2) is 12.1 Å². The quantitative estimate of drug-likeness (QED) is 0.621. The van der Waals surface area contributed by atoms with Gasteiger partial charge in [-0.3, -0.25) is 0 Å². The molecule has 0 saturated carbocycles. The molecule has 3 nitrogen and oxygen atoms in total. The van der Waals surface area contributed by atoms with Crippen molar-refractivity contribution in [3.63, 3.8) is 0 Å². The molecule has 0 aliphatic carbocycles. The number of rotatable bonds is 2. The zero-order chi connectivity index (χ0) is 11.4. The number of methoxy groups -OCH3 is 1. The summed E-state index contributed by atoms with van der Waals surface area (Å²) in [5, 5.41) is 9.49. The van der Waals surface area contributed by atoms with Gasteiger partial charge >= 0.3 is 5.97 Å². The number of nitrogens with zero attached hydrogens (tertiary/aromatic N) is 1. The number of halogens is 2. The maximum Gasteiger partial charge on any atom is 0.339 e. The second-order valence-electron chi connectivity index (χ2n) is 2.69. The zero-order valence-electron chi connectivity index (χ0n) is 7.88. The van der Waals surface area contributed by atoms with Gasteiger partial charge in [0, 0.05) is 5.33 Å². The smallest absolute Gasteiger partial charge is 0.339 e. The Labute approximate surface area is 101 Å². The van der Waals surface area contributed by atoms with Gasteiger partial charge in [-0.2, -0.15) is 5.26 Å². The Hall–Kier alpha value is -1.05. The van der Waals surface area contributed by atoms with Gasteiger partial charge < -0.3 is 4.74 Å². The summed E-state index contributed by atoms with van der Waals surface area (Å²) in [7, 11) is 1.28. The van der Waals surface area contributed by atoms with E-state index in [0.29, 0.717) is 16.5 Å². The number of alkyl halides is 1. The maximum absolute atomic E-state index is 11.3. The normalized spacial score (nSPS) is 9.47. The summed E-state index contributed by atoms with van der Waals surface area (Å²) in [6.45, 7) is 0. The lowest BCUT2D eigenvalue weighted by Crippen LogP contribution is -2.04. The molecule has 0 heterocycles. The molecule has 0 spiro atoms. The molecule has 0 saturated heterocycles. The minimum Gasteiger partial charge on any atom is -0.465 e. The Morgan fingerprint density at radius 2 is 2.33 bits per heavy atom. The lowest BCUT2D eigenvalue weighted by atomic mass is 10.1. The fraction of sp³-hybridized carbons (Fsp3) is 0.200. The minimum absolute atomic E-state index is 0.262. The molecular formula is C10H7BrClNO2. The van der Waals surface area contributed by atoms with E-state index in [-0.39, 0.29) is 10.6 Å². The lowest BCUT2D eigenvalue weighted by Gasteiger charge is -2.07. The Bertz CT molecular complexity index is 440. The van der Waals surface area contributed by atoms with Gasteiger partial charge in [0.2, 0.25) is 0 Å². The molecule has 0 unspecified atom stereocenters. The van der Waals surface area contributed by atoms with Crippen molar-refractivity contribution in [2.75, 3.05) is 7.11 Å². The molecule has 0 N–H and O–H groups in total. The third-order valence-corrected chi connectivity index (χ3v) is 2.90. The summed E-state index contributed by atoms with van der Waals surface area (Å²) < 4.78 is 4.57. The van der Waals surface area contributed by atoms with Crippen LogP contribution in [-0.2, 0) is 10.1 Å². The predicted molar refractivity (Wildman–Crippen MR) is 60.1 cm³/mol. The maximum atomic E-state index is 11.3. The van der Waals surface area contributed by atoms with E-state index in [4.69, 9.17) is 16.9 Å². The Balaban J connectivity index is 3.37. The van der Waals surface area contributed by atoms with E-state index in [1.165, 1.54) is 13.2 Å². The van der Waals surface area contributed by atoms with Crippen molar-refractivity contribution in [2.24, 2.45) is 0 Å². The second kappa shape index (κ2) is 5.15. The van der Waals surface area contributed by atoms with Crippen molar-refractivity contribution in [1.29, 1.82) is 5.26 Å². The molecule has 0 aliphatic heterocycles. The Morgan fingerprint density at radius 3 is 2.80 bits per heavy atom. The van der Waals surface area contributed by atoms with Crippen molar-refractivity contribution < 1.29 is 9.53 Å². The summed E-state index contributed by atoms with van der Waals surface area (Å²) in [5.74, 6) is -0.508. The molecular weight excluding hydrogens is 281 g/mol. The van der Waals surface area contributed by atoms with Crippen LogP contribution in [0.2, 0.25) is 5.02 Å². The van der Waals surface area contributed by atoms with Gasteiger partial charge in [-0.15, -0.1) is 0 Å². The first kappa shape index (κ1) is 12.0. The van der Waals surface area contributed by atoms with E-state index in [1.807, 2.05) is 6.07 Å². The van der Waals surface area contributed by atoms with Crippen LogP contribution < -0.4 is 0 Å². The lowest BCUT2D eigenvalue weighted by molar-refractivity contribution is 0.0601. The van der Waals surface area contributed by atoms with Crippen LogP contribution in [0.4, 0.5) is 0 Å². The predicted octanol–water partition coefficient (Wildman–Crippen LogP) is 2.89. The molecule has 0 atom stereocenters. The van der Waals surface area contributed by atoms with Crippen LogP contribution in [-0.4, -0.2) is 13.1 Å². The number of carbonyl (C=O) groups excluding carboxylic acids is 1. The fourth-order valence-corrected chi connectivity index (χ4v) is 2.18. The molecule has 5 heteroatoms. The average Bonchev–Trinajstić information content (AvgIpc) is 2.27. The molecule has 1 aromatic rings. The van der Waals surface area contributed by atoms with E-state index in [0.717, 1.165) is 0 Å². The summed E-state index contributed by atoms with van der Waals surface area (Å²) in [4.78, 5) is 11.3. The van der Waals surface area contributed by atoms with E-state index in [1.54, 1.807) is 6.07 Å². The summed E-state index contributed by atoms with van der Waals surface area (Å²) in [6.07, 6.45) is 0. The van der Waals surface area contributed by atoms with Crippen LogP contribution in [0.25, 0.3) is 0 Å². The van der Waals surface area contributed by atoms with Crippen LogP contribution in [0, 0.1) is 11.3 Å². The fourth-order valence-electron chi connectivity index (χ4n) is 1.12. The highest BCUT2D eigenvalue weighted by Gasteiger charge is 2.16. The van der Waals surface area contributed by atoms with Gasteiger partial charge in [0.05, 0.1) is 29.3 Å². The molecule has 1 aromatic carbocycles. The summed E-state index contributed by atoms with van der Waals surface area (Å²) in [5.41, 5.74) is 1.32. The zero-order valence-corrected chi connectivity index (χ0v) is 10.2. The van der Waals surface area contributed by atoms with Crippen LogP contribution in [0.5, 0.6) is 0 Å². The SMILES string of the molecule is COC(=O)c1ccc(C#N)c(CBr)c1Cl. The van der Waals surface area contributed by atoms with E-state index in [9.17, 15) is 4.79 Å². The molecule has 0 radical (unpaired) electrons. The molecule has 0 aromatic heterocycles.